The second kappa shape index (κ2) is 9.92. The normalized spacial score (nSPS) is 11.6. The van der Waals surface area contributed by atoms with E-state index in [2.05, 4.69) is 0 Å². The molecular weight excluding hydrogens is 401 g/mol. The number of carbonyl (C=O) groups excluding carboxylic acids is 1. The standard InChI is InChI=1S/C28H24FNO2/c1-21(23-10-4-2-5-11-23)30(28(31)24-15-17-25(29)18-16-24)20-22-9-8-14-27(19-22)32-26-12-6-3-7-13-26/h2-19,21H,20H2,1H3. The van der Waals surface area contributed by atoms with Crippen molar-refractivity contribution >= 4 is 5.91 Å². The van der Waals surface area contributed by atoms with E-state index in [4.69, 9.17) is 4.74 Å². The first-order valence-corrected chi connectivity index (χ1v) is 10.5. The van der Waals surface area contributed by atoms with Gasteiger partial charge in [-0.15, -0.1) is 0 Å². The molecule has 4 aromatic carbocycles. The van der Waals surface area contributed by atoms with Gasteiger partial charge in [0.2, 0.25) is 0 Å². The summed E-state index contributed by atoms with van der Waals surface area (Å²) < 4.78 is 19.4. The molecule has 1 unspecified atom stereocenters. The summed E-state index contributed by atoms with van der Waals surface area (Å²) in [4.78, 5) is 15.2. The van der Waals surface area contributed by atoms with Crippen molar-refractivity contribution in [1.82, 2.24) is 4.90 Å². The number of para-hydroxylation sites is 1. The van der Waals surface area contributed by atoms with E-state index in [1.54, 1.807) is 4.90 Å². The quantitative estimate of drug-likeness (QED) is 0.318. The highest BCUT2D eigenvalue weighted by atomic mass is 19.1. The van der Waals surface area contributed by atoms with Gasteiger partial charge >= 0.3 is 0 Å². The first-order valence-electron chi connectivity index (χ1n) is 10.5. The van der Waals surface area contributed by atoms with Crippen LogP contribution in [0.25, 0.3) is 0 Å². The first-order chi connectivity index (χ1) is 15.6. The molecule has 0 aliphatic rings. The summed E-state index contributed by atoms with van der Waals surface area (Å²) in [5.41, 5.74) is 2.42. The van der Waals surface area contributed by atoms with Gasteiger partial charge in [-0.05, 0) is 66.6 Å². The maximum Gasteiger partial charge on any atom is 0.254 e. The summed E-state index contributed by atoms with van der Waals surface area (Å²) in [6.07, 6.45) is 0. The Morgan fingerprint density at radius 2 is 1.44 bits per heavy atom. The molecule has 4 aromatic rings. The molecule has 1 atom stereocenters. The van der Waals surface area contributed by atoms with Crippen LogP contribution in [0.15, 0.2) is 109 Å². The molecule has 1 amide bonds. The van der Waals surface area contributed by atoms with Crippen LogP contribution in [0.3, 0.4) is 0 Å². The minimum Gasteiger partial charge on any atom is -0.457 e. The molecule has 32 heavy (non-hydrogen) atoms. The van der Waals surface area contributed by atoms with Crippen LogP contribution >= 0.6 is 0 Å². The molecule has 0 radical (unpaired) electrons. The Morgan fingerprint density at radius 3 is 2.12 bits per heavy atom. The number of carbonyl (C=O) groups is 1. The van der Waals surface area contributed by atoms with Crippen molar-refractivity contribution in [2.24, 2.45) is 0 Å². The molecule has 4 rings (SSSR count). The number of ether oxygens (including phenoxy) is 1. The summed E-state index contributed by atoms with van der Waals surface area (Å²) in [7, 11) is 0. The van der Waals surface area contributed by atoms with Gasteiger partial charge in [-0.1, -0.05) is 60.7 Å². The van der Waals surface area contributed by atoms with Gasteiger partial charge in [0.05, 0.1) is 6.04 Å². The number of nitrogens with zero attached hydrogens (tertiary/aromatic N) is 1. The summed E-state index contributed by atoms with van der Waals surface area (Å²) in [5.74, 6) is 0.933. The van der Waals surface area contributed by atoms with E-state index < -0.39 is 0 Å². The third-order valence-electron chi connectivity index (χ3n) is 5.33. The van der Waals surface area contributed by atoms with Gasteiger partial charge in [0.1, 0.15) is 17.3 Å². The molecule has 0 fully saturated rings. The zero-order valence-corrected chi connectivity index (χ0v) is 17.8. The van der Waals surface area contributed by atoms with Crippen LogP contribution in [-0.4, -0.2) is 10.8 Å². The van der Waals surface area contributed by atoms with Crippen LogP contribution in [0.5, 0.6) is 11.5 Å². The number of hydrogen-bond donors (Lipinski definition) is 0. The molecule has 0 N–H and O–H groups in total. The summed E-state index contributed by atoms with van der Waals surface area (Å²) >= 11 is 0. The number of rotatable bonds is 7. The summed E-state index contributed by atoms with van der Waals surface area (Å²) in [5, 5.41) is 0. The second-order valence-corrected chi connectivity index (χ2v) is 7.59. The van der Waals surface area contributed by atoms with E-state index in [-0.39, 0.29) is 17.8 Å². The third kappa shape index (κ3) is 5.22. The third-order valence-corrected chi connectivity index (χ3v) is 5.33. The Hall–Kier alpha value is -3.92. The van der Waals surface area contributed by atoms with Crippen LogP contribution < -0.4 is 4.74 Å². The Balaban J connectivity index is 1.62. The number of amides is 1. The predicted octanol–water partition coefficient (Wildman–Crippen LogP) is 7.02. The fraction of sp³-hybridized carbons (Fsp3) is 0.107. The highest BCUT2D eigenvalue weighted by Gasteiger charge is 2.23. The topological polar surface area (TPSA) is 29.5 Å². The van der Waals surface area contributed by atoms with E-state index in [1.165, 1.54) is 24.3 Å². The smallest absolute Gasteiger partial charge is 0.254 e. The monoisotopic (exact) mass is 425 g/mol. The predicted molar refractivity (Wildman–Crippen MR) is 124 cm³/mol. The molecule has 0 saturated carbocycles. The van der Waals surface area contributed by atoms with Crippen molar-refractivity contribution in [2.75, 3.05) is 0 Å². The van der Waals surface area contributed by atoms with Gasteiger partial charge in [0.15, 0.2) is 0 Å². The molecule has 0 bridgehead atoms. The first kappa shape index (κ1) is 21.3. The lowest BCUT2D eigenvalue weighted by molar-refractivity contribution is 0.0674. The Kier molecular flexibility index (Phi) is 6.61. The van der Waals surface area contributed by atoms with Crippen LogP contribution in [0.1, 0.15) is 34.5 Å². The van der Waals surface area contributed by atoms with E-state index in [9.17, 15) is 9.18 Å². The SMILES string of the molecule is CC(c1ccccc1)N(Cc1cccc(Oc2ccccc2)c1)C(=O)c1ccc(F)cc1. The second-order valence-electron chi connectivity index (χ2n) is 7.59. The lowest BCUT2D eigenvalue weighted by atomic mass is 10.0. The van der Waals surface area contributed by atoms with Crippen molar-refractivity contribution in [3.8, 4) is 11.5 Å². The van der Waals surface area contributed by atoms with Gasteiger partial charge in [0, 0.05) is 12.1 Å². The molecule has 4 heteroatoms. The van der Waals surface area contributed by atoms with E-state index in [0.29, 0.717) is 17.9 Å². The van der Waals surface area contributed by atoms with Crippen molar-refractivity contribution in [3.63, 3.8) is 0 Å². The van der Waals surface area contributed by atoms with Gasteiger partial charge in [-0.25, -0.2) is 4.39 Å². The van der Waals surface area contributed by atoms with Crippen molar-refractivity contribution in [2.45, 2.75) is 19.5 Å². The molecule has 0 aromatic heterocycles. The molecule has 160 valence electrons. The fourth-order valence-corrected chi connectivity index (χ4v) is 3.58. The highest BCUT2D eigenvalue weighted by Crippen LogP contribution is 2.27. The van der Waals surface area contributed by atoms with Gasteiger partial charge in [0.25, 0.3) is 5.91 Å². The highest BCUT2D eigenvalue weighted by molar-refractivity contribution is 5.94. The molecular formula is C28H24FNO2. The lowest BCUT2D eigenvalue weighted by Gasteiger charge is -2.30. The lowest BCUT2D eigenvalue weighted by Crippen LogP contribution is -2.33. The molecule has 0 heterocycles. The van der Waals surface area contributed by atoms with Crippen LogP contribution in [0, 0.1) is 5.82 Å². The van der Waals surface area contributed by atoms with Crippen LogP contribution in [0.2, 0.25) is 0 Å². The number of halogens is 1. The number of benzene rings is 4. The molecule has 0 saturated heterocycles. The Bertz CT molecular complexity index is 1160. The minimum absolute atomic E-state index is 0.157. The van der Waals surface area contributed by atoms with Gasteiger partial charge in [-0.3, -0.25) is 4.79 Å². The molecule has 3 nitrogen and oxygen atoms in total. The average Bonchev–Trinajstić information content (AvgIpc) is 2.84. The van der Waals surface area contributed by atoms with E-state index in [0.717, 1.165) is 16.9 Å². The summed E-state index contributed by atoms with van der Waals surface area (Å²) in [6, 6.07) is 32.7. The molecule has 0 aliphatic carbocycles. The zero-order valence-electron chi connectivity index (χ0n) is 17.8. The summed E-state index contributed by atoms with van der Waals surface area (Å²) in [6.45, 7) is 2.39. The minimum atomic E-state index is -0.366. The van der Waals surface area contributed by atoms with E-state index in [1.807, 2.05) is 91.9 Å². The van der Waals surface area contributed by atoms with Crippen molar-refractivity contribution in [1.29, 1.82) is 0 Å². The van der Waals surface area contributed by atoms with Crippen molar-refractivity contribution < 1.29 is 13.9 Å². The van der Waals surface area contributed by atoms with E-state index >= 15 is 0 Å². The maximum atomic E-state index is 13.4. The fourth-order valence-electron chi connectivity index (χ4n) is 3.58. The average molecular weight is 426 g/mol. The van der Waals surface area contributed by atoms with Crippen LogP contribution in [-0.2, 0) is 6.54 Å². The Labute approximate surface area is 187 Å². The van der Waals surface area contributed by atoms with Gasteiger partial charge < -0.3 is 9.64 Å². The largest absolute Gasteiger partial charge is 0.457 e. The molecule has 0 aliphatic heterocycles. The zero-order chi connectivity index (χ0) is 22.3. The number of hydrogen-bond acceptors (Lipinski definition) is 2. The van der Waals surface area contributed by atoms with Gasteiger partial charge in [-0.2, -0.15) is 0 Å². The molecule has 0 spiro atoms. The van der Waals surface area contributed by atoms with Crippen LogP contribution in [0.4, 0.5) is 4.39 Å². The van der Waals surface area contributed by atoms with Crippen molar-refractivity contribution in [3.05, 3.63) is 132 Å². The maximum absolute atomic E-state index is 13.4. The Morgan fingerprint density at radius 1 is 0.812 bits per heavy atom.